The van der Waals surface area contributed by atoms with Gasteiger partial charge in [-0.15, -0.1) is 0 Å². The number of para-hydroxylation sites is 2. The number of anilines is 1. The molecule has 0 atom stereocenters. The lowest BCUT2D eigenvalue weighted by molar-refractivity contribution is 1.05. The van der Waals surface area contributed by atoms with E-state index in [-0.39, 0.29) is 0 Å². The highest BCUT2D eigenvalue weighted by Gasteiger charge is 2.11. The van der Waals surface area contributed by atoms with E-state index < -0.39 is 0 Å². The molecule has 0 fully saturated rings. The van der Waals surface area contributed by atoms with Crippen molar-refractivity contribution in [2.24, 2.45) is 5.10 Å². The number of aryl methyl sites for hydroxylation is 1. The second-order valence-electron chi connectivity index (χ2n) is 6.52. The van der Waals surface area contributed by atoms with Crippen molar-refractivity contribution in [1.82, 2.24) is 10.4 Å². The summed E-state index contributed by atoms with van der Waals surface area (Å²) in [5.74, 6) is 0. The molecular weight excluding hydrogens is 364 g/mol. The Hall–Kier alpha value is -3.44. The van der Waals surface area contributed by atoms with Crippen LogP contribution in [0.5, 0.6) is 0 Å². The van der Waals surface area contributed by atoms with Gasteiger partial charge in [-0.1, -0.05) is 66.2 Å². The molecule has 3 N–H and O–H groups in total. The van der Waals surface area contributed by atoms with Crippen molar-refractivity contribution < 1.29 is 0 Å². The van der Waals surface area contributed by atoms with Crippen LogP contribution in [0.1, 0.15) is 11.1 Å². The smallest absolute Gasteiger partial charge is 0.191 e. The van der Waals surface area contributed by atoms with Crippen LogP contribution in [0.15, 0.2) is 84.0 Å². The third-order valence-electron chi connectivity index (χ3n) is 4.48. The normalized spacial score (nSPS) is 11.0. The molecule has 4 nitrogen and oxygen atoms in total. The SMILES string of the molecule is Cc1ccc(-c2[nH]c3ccccc3c2/C=N/NC(=S)Nc2ccccc2)cc1. The summed E-state index contributed by atoms with van der Waals surface area (Å²) in [6.45, 7) is 2.09. The molecule has 0 aliphatic carbocycles. The van der Waals surface area contributed by atoms with E-state index in [1.807, 2.05) is 48.7 Å². The number of nitrogens with one attached hydrogen (secondary N) is 3. The van der Waals surface area contributed by atoms with Gasteiger partial charge in [0.05, 0.1) is 11.9 Å². The maximum Gasteiger partial charge on any atom is 0.191 e. The molecule has 0 saturated carbocycles. The first kappa shape index (κ1) is 17.9. The molecule has 28 heavy (non-hydrogen) atoms. The van der Waals surface area contributed by atoms with Crippen LogP contribution < -0.4 is 10.7 Å². The van der Waals surface area contributed by atoms with Crippen molar-refractivity contribution in [2.75, 3.05) is 5.32 Å². The summed E-state index contributed by atoms with van der Waals surface area (Å²) in [4.78, 5) is 3.51. The number of thiocarbonyl (C=S) groups is 1. The number of fused-ring (bicyclic) bond motifs is 1. The van der Waals surface area contributed by atoms with Crippen LogP contribution in [0.2, 0.25) is 0 Å². The number of hydrogen-bond acceptors (Lipinski definition) is 2. The molecule has 4 aromatic rings. The minimum Gasteiger partial charge on any atom is -0.354 e. The van der Waals surface area contributed by atoms with Crippen LogP contribution in [0.4, 0.5) is 5.69 Å². The van der Waals surface area contributed by atoms with E-state index in [1.54, 1.807) is 0 Å². The molecule has 0 aliphatic rings. The molecule has 0 radical (unpaired) electrons. The molecule has 4 rings (SSSR count). The number of benzene rings is 3. The molecule has 138 valence electrons. The fraction of sp³-hybridized carbons (Fsp3) is 0.0435. The average Bonchev–Trinajstić information content (AvgIpc) is 3.08. The van der Waals surface area contributed by atoms with Crippen molar-refractivity contribution in [2.45, 2.75) is 6.92 Å². The number of hydrazone groups is 1. The molecule has 0 spiro atoms. The summed E-state index contributed by atoms with van der Waals surface area (Å²) < 4.78 is 0. The Morgan fingerprint density at radius 1 is 0.929 bits per heavy atom. The van der Waals surface area contributed by atoms with Gasteiger partial charge in [-0.3, -0.25) is 5.43 Å². The topological polar surface area (TPSA) is 52.2 Å². The zero-order chi connectivity index (χ0) is 19.3. The Bertz CT molecular complexity index is 1130. The first-order valence-electron chi connectivity index (χ1n) is 9.03. The van der Waals surface area contributed by atoms with Crippen LogP contribution in [0, 0.1) is 6.92 Å². The fourth-order valence-corrected chi connectivity index (χ4v) is 3.25. The van der Waals surface area contributed by atoms with E-state index in [0.29, 0.717) is 5.11 Å². The van der Waals surface area contributed by atoms with E-state index in [1.165, 1.54) is 5.56 Å². The van der Waals surface area contributed by atoms with Gasteiger partial charge in [0.1, 0.15) is 0 Å². The molecule has 0 aliphatic heterocycles. The zero-order valence-corrected chi connectivity index (χ0v) is 16.3. The van der Waals surface area contributed by atoms with Gasteiger partial charge in [-0.25, -0.2) is 0 Å². The van der Waals surface area contributed by atoms with Gasteiger partial charge in [-0.05, 0) is 42.9 Å². The van der Waals surface area contributed by atoms with Crippen LogP contribution in [-0.2, 0) is 0 Å². The van der Waals surface area contributed by atoms with Gasteiger partial charge in [0.15, 0.2) is 5.11 Å². The fourth-order valence-electron chi connectivity index (χ4n) is 3.08. The maximum atomic E-state index is 5.32. The van der Waals surface area contributed by atoms with Gasteiger partial charge in [0, 0.05) is 22.2 Å². The lowest BCUT2D eigenvalue weighted by atomic mass is 10.0. The predicted molar refractivity (Wildman–Crippen MR) is 122 cm³/mol. The van der Waals surface area contributed by atoms with Crippen LogP contribution in [-0.4, -0.2) is 16.3 Å². The number of nitrogens with zero attached hydrogens (tertiary/aromatic N) is 1. The molecule has 0 bridgehead atoms. The van der Waals surface area contributed by atoms with Crippen molar-refractivity contribution in [1.29, 1.82) is 0 Å². The van der Waals surface area contributed by atoms with Gasteiger partial charge >= 0.3 is 0 Å². The zero-order valence-electron chi connectivity index (χ0n) is 15.4. The molecule has 5 heteroatoms. The number of rotatable bonds is 4. The third kappa shape index (κ3) is 3.94. The maximum absolute atomic E-state index is 5.32. The average molecular weight is 385 g/mol. The molecular formula is C23H20N4S. The standard InChI is InChI=1S/C23H20N4S/c1-16-11-13-17(14-12-16)22-20(19-9-5-6-10-21(19)26-22)15-24-27-23(28)25-18-7-3-2-4-8-18/h2-15,26H,1H3,(H2,25,27,28)/b24-15+. The number of aromatic nitrogens is 1. The molecule has 3 aromatic carbocycles. The summed E-state index contributed by atoms with van der Waals surface area (Å²) in [5, 5.41) is 9.04. The van der Waals surface area contributed by atoms with Gasteiger partial charge < -0.3 is 10.3 Å². The molecule has 0 saturated heterocycles. The Morgan fingerprint density at radius 3 is 2.43 bits per heavy atom. The quantitative estimate of drug-likeness (QED) is 0.249. The molecule has 1 aromatic heterocycles. The van der Waals surface area contributed by atoms with E-state index in [2.05, 4.69) is 64.1 Å². The van der Waals surface area contributed by atoms with Crippen molar-refractivity contribution in [3.63, 3.8) is 0 Å². The second kappa shape index (κ2) is 8.06. The summed E-state index contributed by atoms with van der Waals surface area (Å²) in [7, 11) is 0. The van der Waals surface area contributed by atoms with Gasteiger partial charge in [-0.2, -0.15) is 5.10 Å². The summed E-state index contributed by atoms with van der Waals surface area (Å²) in [5.41, 5.74) is 9.30. The van der Waals surface area contributed by atoms with E-state index >= 15 is 0 Å². The Kier molecular flexibility index (Phi) is 5.17. The van der Waals surface area contributed by atoms with Crippen LogP contribution in [0.3, 0.4) is 0 Å². The predicted octanol–water partition coefficient (Wildman–Crippen LogP) is 5.46. The van der Waals surface area contributed by atoms with Crippen LogP contribution >= 0.6 is 12.2 Å². The van der Waals surface area contributed by atoms with Crippen molar-refractivity contribution in [3.8, 4) is 11.3 Å². The summed E-state index contributed by atoms with van der Waals surface area (Å²) in [6.07, 6.45) is 1.81. The van der Waals surface area contributed by atoms with E-state index in [9.17, 15) is 0 Å². The number of aromatic amines is 1. The van der Waals surface area contributed by atoms with Crippen molar-refractivity contribution in [3.05, 3.63) is 90.0 Å². The first-order valence-corrected chi connectivity index (χ1v) is 9.44. The number of H-pyrrole nitrogens is 1. The second-order valence-corrected chi connectivity index (χ2v) is 6.92. The summed E-state index contributed by atoms with van der Waals surface area (Å²) >= 11 is 5.32. The third-order valence-corrected chi connectivity index (χ3v) is 4.67. The largest absolute Gasteiger partial charge is 0.354 e. The lowest BCUT2D eigenvalue weighted by Gasteiger charge is -2.06. The highest BCUT2D eigenvalue weighted by molar-refractivity contribution is 7.80. The van der Waals surface area contributed by atoms with Gasteiger partial charge in [0.25, 0.3) is 0 Å². The van der Waals surface area contributed by atoms with Crippen LogP contribution in [0.25, 0.3) is 22.2 Å². The van der Waals surface area contributed by atoms with Gasteiger partial charge in [0.2, 0.25) is 0 Å². The molecule has 1 heterocycles. The minimum atomic E-state index is 0.444. The highest BCUT2D eigenvalue weighted by Crippen LogP contribution is 2.29. The highest BCUT2D eigenvalue weighted by atomic mass is 32.1. The summed E-state index contributed by atoms with van der Waals surface area (Å²) in [6, 6.07) is 26.4. The van der Waals surface area contributed by atoms with E-state index in [4.69, 9.17) is 12.2 Å². The monoisotopic (exact) mass is 384 g/mol. The first-order chi connectivity index (χ1) is 13.7. The Morgan fingerprint density at radius 2 is 1.64 bits per heavy atom. The molecule has 0 amide bonds. The Balaban J connectivity index is 1.60. The Labute approximate surface area is 169 Å². The number of hydrogen-bond donors (Lipinski definition) is 3. The minimum absolute atomic E-state index is 0.444. The molecule has 0 unspecified atom stereocenters. The van der Waals surface area contributed by atoms with E-state index in [0.717, 1.165) is 33.4 Å². The lowest BCUT2D eigenvalue weighted by Crippen LogP contribution is -2.23. The van der Waals surface area contributed by atoms with Crippen molar-refractivity contribution >= 4 is 40.1 Å².